The number of nitrogens with zero attached hydrogens (tertiary/aromatic N) is 1. The summed E-state index contributed by atoms with van der Waals surface area (Å²) < 4.78 is 0. The minimum absolute atomic E-state index is 0.275. The van der Waals surface area contributed by atoms with Gasteiger partial charge in [-0.3, -0.25) is 4.90 Å². The van der Waals surface area contributed by atoms with Gasteiger partial charge < -0.3 is 10.4 Å². The lowest BCUT2D eigenvalue weighted by Crippen LogP contribution is -2.57. The van der Waals surface area contributed by atoms with E-state index < -0.39 is 0 Å². The normalized spacial score (nSPS) is 32.2. The van der Waals surface area contributed by atoms with Crippen LogP contribution in [0.4, 0.5) is 0 Å². The smallest absolute Gasteiger partial charge is 0.0599 e. The van der Waals surface area contributed by atoms with E-state index in [2.05, 4.69) is 24.1 Å². The number of aliphatic hydroxyl groups excluding tert-OH is 1. The Morgan fingerprint density at radius 2 is 2.25 bits per heavy atom. The molecule has 1 rings (SSSR count). The van der Waals surface area contributed by atoms with Crippen molar-refractivity contribution < 1.29 is 5.11 Å². The molecule has 72 valence electrons. The van der Waals surface area contributed by atoms with Gasteiger partial charge in [0.25, 0.3) is 0 Å². The molecule has 0 aromatic rings. The lowest BCUT2D eigenvalue weighted by Gasteiger charge is -2.38. The van der Waals surface area contributed by atoms with Crippen LogP contribution in [0.15, 0.2) is 0 Å². The zero-order valence-corrected chi connectivity index (χ0v) is 8.08. The number of likely N-dealkylation sites (N-methyl/N-ethyl adjacent to an activating group) is 1. The molecular formula is C9H20N2O. The highest BCUT2D eigenvalue weighted by Crippen LogP contribution is 2.07. The molecule has 0 unspecified atom stereocenters. The van der Waals surface area contributed by atoms with Gasteiger partial charge in [-0.1, -0.05) is 13.8 Å². The van der Waals surface area contributed by atoms with E-state index in [9.17, 15) is 0 Å². The molecule has 0 aliphatic carbocycles. The second kappa shape index (κ2) is 4.80. The summed E-state index contributed by atoms with van der Waals surface area (Å²) in [5.41, 5.74) is 0. The predicted molar refractivity (Wildman–Crippen MR) is 50.2 cm³/mol. The molecule has 0 radical (unpaired) electrons. The van der Waals surface area contributed by atoms with Crippen molar-refractivity contribution in [3.8, 4) is 0 Å². The van der Waals surface area contributed by atoms with Gasteiger partial charge in [0, 0.05) is 25.2 Å². The molecule has 1 aliphatic heterocycles. The number of piperazine rings is 1. The van der Waals surface area contributed by atoms with Gasteiger partial charge in [-0.25, -0.2) is 0 Å². The number of aliphatic hydroxyl groups is 1. The highest BCUT2D eigenvalue weighted by atomic mass is 16.3. The molecule has 1 aliphatic rings. The second-order valence-corrected chi connectivity index (χ2v) is 3.44. The van der Waals surface area contributed by atoms with Crippen LogP contribution in [-0.4, -0.2) is 48.3 Å². The number of hydrogen-bond donors (Lipinski definition) is 2. The molecule has 2 atom stereocenters. The van der Waals surface area contributed by atoms with Gasteiger partial charge in [0.1, 0.15) is 0 Å². The van der Waals surface area contributed by atoms with Gasteiger partial charge in [-0.2, -0.15) is 0 Å². The van der Waals surface area contributed by atoms with Crippen molar-refractivity contribution in [3.05, 3.63) is 0 Å². The Hall–Kier alpha value is -0.120. The van der Waals surface area contributed by atoms with E-state index in [4.69, 9.17) is 5.11 Å². The first-order valence-electron chi connectivity index (χ1n) is 4.90. The predicted octanol–water partition coefficient (Wildman–Crippen LogP) is 0.0510. The largest absolute Gasteiger partial charge is 0.395 e. The molecular weight excluding hydrogens is 152 g/mol. The maximum Gasteiger partial charge on any atom is 0.0599 e. The third-order valence-corrected chi connectivity index (χ3v) is 2.72. The fourth-order valence-electron chi connectivity index (χ4n) is 1.77. The molecule has 3 nitrogen and oxygen atoms in total. The van der Waals surface area contributed by atoms with Crippen molar-refractivity contribution in [3.63, 3.8) is 0 Å². The standard InChI is InChI=1S/C9H20N2O/c1-3-8-6-11(4-2)9(7-12)5-10-8/h8-10,12H,3-7H2,1-2H3/t8-,9+/m1/s1. The fraction of sp³-hybridized carbons (Fsp3) is 1.00. The van der Waals surface area contributed by atoms with Gasteiger partial charge in [-0.15, -0.1) is 0 Å². The van der Waals surface area contributed by atoms with Crippen LogP contribution < -0.4 is 5.32 Å². The molecule has 0 saturated carbocycles. The van der Waals surface area contributed by atoms with Crippen LogP contribution in [0.5, 0.6) is 0 Å². The van der Waals surface area contributed by atoms with E-state index in [-0.39, 0.29) is 6.61 Å². The van der Waals surface area contributed by atoms with Crippen LogP contribution in [0.1, 0.15) is 20.3 Å². The van der Waals surface area contributed by atoms with Gasteiger partial charge in [0.05, 0.1) is 6.61 Å². The van der Waals surface area contributed by atoms with Crippen LogP contribution in [0.3, 0.4) is 0 Å². The Balaban J connectivity index is 2.41. The van der Waals surface area contributed by atoms with Crippen LogP contribution in [0.25, 0.3) is 0 Å². The molecule has 1 heterocycles. The third-order valence-electron chi connectivity index (χ3n) is 2.72. The average molecular weight is 172 g/mol. The minimum Gasteiger partial charge on any atom is -0.395 e. The van der Waals surface area contributed by atoms with Gasteiger partial charge in [0.2, 0.25) is 0 Å². The van der Waals surface area contributed by atoms with Crippen LogP contribution in [0.2, 0.25) is 0 Å². The summed E-state index contributed by atoms with van der Waals surface area (Å²) >= 11 is 0. The SMILES string of the molecule is CC[C@@H]1CN(CC)[C@H](CO)CN1. The van der Waals surface area contributed by atoms with E-state index in [1.165, 1.54) is 6.42 Å². The first-order valence-corrected chi connectivity index (χ1v) is 4.90. The monoisotopic (exact) mass is 172 g/mol. The van der Waals surface area contributed by atoms with Gasteiger partial charge >= 0.3 is 0 Å². The van der Waals surface area contributed by atoms with Crippen LogP contribution in [0, 0.1) is 0 Å². The lowest BCUT2D eigenvalue weighted by molar-refractivity contribution is 0.0846. The average Bonchev–Trinajstić information content (AvgIpc) is 2.16. The Morgan fingerprint density at radius 3 is 2.75 bits per heavy atom. The van der Waals surface area contributed by atoms with Crippen molar-refractivity contribution in [1.82, 2.24) is 10.2 Å². The Kier molecular flexibility index (Phi) is 3.98. The molecule has 12 heavy (non-hydrogen) atoms. The second-order valence-electron chi connectivity index (χ2n) is 3.44. The van der Waals surface area contributed by atoms with Crippen LogP contribution >= 0.6 is 0 Å². The van der Waals surface area contributed by atoms with Gasteiger partial charge in [0.15, 0.2) is 0 Å². The first-order chi connectivity index (χ1) is 5.81. The minimum atomic E-state index is 0.275. The number of nitrogens with one attached hydrogen (secondary N) is 1. The summed E-state index contributed by atoms with van der Waals surface area (Å²) in [5, 5.41) is 12.5. The summed E-state index contributed by atoms with van der Waals surface area (Å²) in [6.45, 7) is 7.69. The highest BCUT2D eigenvalue weighted by Gasteiger charge is 2.24. The molecule has 1 fully saturated rings. The molecule has 0 amide bonds. The third kappa shape index (κ3) is 2.19. The van der Waals surface area contributed by atoms with Gasteiger partial charge in [-0.05, 0) is 13.0 Å². The number of hydrogen-bond acceptors (Lipinski definition) is 3. The Bertz CT molecular complexity index is 130. The van der Waals surface area contributed by atoms with Crippen molar-refractivity contribution >= 4 is 0 Å². The zero-order valence-electron chi connectivity index (χ0n) is 8.08. The van der Waals surface area contributed by atoms with E-state index in [0.29, 0.717) is 12.1 Å². The highest BCUT2D eigenvalue weighted by molar-refractivity contribution is 4.84. The molecule has 3 heteroatoms. The molecule has 0 aromatic heterocycles. The zero-order chi connectivity index (χ0) is 8.97. The molecule has 0 spiro atoms. The van der Waals surface area contributed by atoms with Crippen molar-refractivity contribution in [2.24, 2.45) is 0 Å². The summed E-state index contributed by atoms with van der Waals surface area (Å²) in [5.74, 6) is 0. The summed E-state index contributed by atoms with van der Waals surface area (Å²) in [7, 11) is 0. The molecule has 1 saturated heterocycles. The summed E-state index contributed by atoms with van der Waals surface area (Å²) in [6, 6.07) is 0.950. The topological polar surface area (TPSA) is 35.5 Å². The maximum absolute atomic E-state index is 9.07. The molecule has 2 N–H and O–H groups in total. The van der Waals surface area contributed by atoms with Crippen molar-refractivity contribution in [2.75, 3.05) is 26.2 Å². The Morgan fingerprint density at radius 1 is 1.50 bits per heavy atom. The van der Waals surface area contributed by atoms with Crippen molar-refractivity contribution in [2.45, 2.75) is 32.4 Å². The first kappa shape index (κ1) is 9.96. The summed E-state index contributed by atoms with van der Waals surface area (Å²) in [4.78, 5) is 2.35. The molecule has 0 aromatic carbocycles. The Labute approximate surface area is 74.8 Å². The summed E-state index contributed by atoms with van der Waals surface area (Å²) in [6.07, 6.45) is 1.18. The van der Waals surface area contributed by atoms with Crippen molar-refractivity contribution in [1.29, 1.82) is 0 Å². The van der Waals surface area contributed by atoms with E-state index in [0.717, 1.165) is 19.6 Å². The quantitative estimate of drug-likeness (QED) is 0.631. The van der Waals surface area contributed by atoms with E-state index in [1.54, 1.807) is 0 Å². The lowest BCUT2D eigenvalue weighted by atomic mass is 10.1. The number of rotatable bonds is 3. The van der Waals surface area contributed by atoms with E-state index >= 15 is 0 Å². The maximum atomic E-state index is 9.07. The fourth-order valence-corrected chi connectivity index (χ4v) is 1.77. The van der Waals surface area contributed by atoms with E-state index in [1.807, 2.05) is 0 Å². The molecule has 0 bridgehead atoms. The van der Waals surface area contributed by atoms with Crippen LogP contribution in [-0.2, 0) is 0 Å².